The van der Waals surface area contributed by atoms with Crippen molar-refractivity contribution in [2.45, 2.75) is 78.0 Å². The second kappa shape index (κ2) is 9.09. The Labute approximate surface area is 224 Å². The topological polar surface area (TPSA) is 86.8 Å². The van der Waals surface area contributed by atoms with E-state index in [-0.39, 0.29) is 23.5 Å². The summed E-state index contributed by atoms with van der Waals surface area (Å²) in [5.41, 5.74) is 5.88. The van der Waals surface area contributed by atoms with Crippen molar-refractivity contribution in [3.05, 3.63) is 58.2 Å². The third-order valence-electron chi connectivity index (χ3n) is 8.37. The van der Waals surface area contributed by atoms with Crippen molar-refractivity contribution < 1.29 is 9.53 Å². The number of aryl methyl sites for hydroxylation is 1. The molecule has 1 aliphatic carbocycles. The summed E-state index contributed by atoms with van der Waals surface area (Å²) in [4.78, 5) is 28.0. The van der Waals surface area contributed by atoms with E-state index in [9.17, 15) is 10.1 Å². The van der Waals surface area contributed by atoms with Gasteiger partial charge in [-0.15, -0.1) is 0 Å². The highest BCUT2D eigenvalue weighted by atomic mass is 16.5. The van der Waals surface area contributed by atoms with Gasteiger partial charge in [0.15, 0.2) is 0 Å². The first-order valence-corrected chi connectivity index (χ1v) is 13.8. The number of aromatic nitrogens is 3. The fourth-order valence-corrected chi connectivity index (χ4v) is 6.15. The van der Waals surface area contributed by atoms with Gasteiger partial charge in [0, 0.05) is 43.7 Å². The van der Waals surface area contributed by atoms with Gasteiger partial charge in [-0.2, -0.15) is 5.26 Å². The monoisotopic (exact) mass is 512 g/mol. The van der Waals surface area contributed by atoms with Gasteiger partial charge in [-0.05, 0) is 57.2 Å². The van der Waals surface area contributed by atoms with Crippen molar-refractivity contribution in [3.8, 4) is 6.07 Å². The number of carbonyl (C=O) groups excluding carboxylic acids is 1. The largest absolute Gasteiger partial charge is 0.370 e. The fourth-order valence-electron chi connectivity index (χ4n) is 6.15. The summed E-state index contributed by atoms with van der Waals surface area (Å²) in [7, 11) is 0. The summed E-state index contributed by atoms with van der Waals surface area (Å²) in [6, 6.07) is 8.30. The molecular weight excluding hydrogens is 476 g/mol. The van der Waals surface area contributed by atoms with Crippen molar-refractivity contribution in [1.82, 2.24) is 19.3 Å². The van der Waals surface area contributed by atoms with Crippen molar-refractivity contribution in [3.63, 3.8) is 0 Å². The van der Waals surface area contributed by atoms with E-state index in [0.717, 1.165) is 46.8 Å². The van der Waals surface area contributed by atoms with Crippen LogP contribution >= 0.6 is 0 Å². The number of hydrogen-bond donors (Lipinski definition) is 0. The molecule has 1 atom stereocenters. The van der Waals surface area contributed by atoms with Crippen LogP contribution in [0.5, 0.6) is 0 Å². The zero-order valence-corrected chi connectivity index (χ0v) is 23.0. The minimum Gasteiger partial charge on any atom is -0.370 e. The molecule has 3 aromatic heterocycles. The number of pyridine rings is 2. The molecule has 6 rings (SSSR count). The van der Waals surface area contributed by atoms with Crippen LogP contribution < -0.4 is 4.90 Å². The van der Waals surface area contributed by atoms with Crippen molar-refractivity contribution in [2.75, 3.05) is 24.5 Å². The number of piperazine rings is 1. The summed E-state index contributed by atoms with van der Waals surface area (Å²) in [6.07, 6.45) is 4.90. The summed E-state index contributed by atoms with van der Waals surface area (Å²) in [5.74, 6) is 1.49. The second-order valence-electron chi connectivity index (χ2n) is 12.0. The van der Waals surface area contributed by atoms with Gasteiger partial charge in [0.25, 0.3) is 5.91 Å². The highest BCUT2D eigenvalue weighted by molar-refractivity contribution is 5.95. The lowest BCUT2D eigenvalue weighted by atomic mass is 9.87. The van der Waals surface area contributed by atoms with Crippen molar-refractivity contribution in [2.24, 2.45) is 5.92 Å². The van der Waals surface area contributed by atoms with Crippen LogP contribution in [0.1, 0.15) is 85.0 Å². The normalized spacial score (nSPS) is 21.0. The Morgan fingerprint density at radius 2 is 1.97 bits per heavy atom. The van der Waals surface area contributed by atoms with E-state index >= 15 is 0 Å². The molecule has 0 spiro atoms. The van der Waals surface area contributed by atoms with Crippen LogP contribution in [0, 0.1) is 24.2 Å². The molecule has 1 saturated heterocycles. The highest BCUT2D eigenvalue weighted by Crippen LogP contribution is 2.46. The van der Waals surface area contributed by atoms with E-state index < -0.39 is 0 Å². The van der Waals surface area contributed by atoms with E-state index in [1.165, 1.54) is 0 Å². The number of rotatable bonds is 4. The van der Waals surface area contributed by atoms with E-state index in [4.69, 9.17) is 9.72 Å². The van der Waals surface area contributed by atoms with Gasteiger partial charge >= 0.3 is 0 Å². The van der Waals surface area contributed by atoms with Crippen molar-refractivity contribution in [1.29, 1.82) is 5.26 Å². The first-order chi connectivity index (χ1) is 18.2. The Morgan fingerprint density at radius 3 is 2.68 bits per heavy atom. The molecule has 0 N–H and O–H groups in total. The molecule has 8 heteroatoms. The Bertz CT molecular complexity index is 1460. The van der Waals surface area contributed by atoms with Gasteiger partial charge in [0.1, 0.15) is 23.2 Å². The fraction of sp³-hybridized carbons (Fsp3) is 0.533. The summed E-state index contributed by atoms with van der Waals surface area (Å²) >= 11 is 0. The SMILES string of the molecule is Cc1nc2ccccn2c1C(=O)N1CCN(c2nc(C3CC3)c3c(c2C#N)CC(C)(C)OC3)C[C@H]1C(C)C. The van der Waals surface area contributed by atoms with Gasteiger partial charge in [-0.1, -0.05) is 19.9 Å². The Morgan fingerprint density at radius 1 is 1.18 bits per heavy atom. The predicted octanol–water partition coefficient (Wildman–Crippen LogP) is 4.63. The highest BCUT2D eigenvalue weighted by Gasteiger charge is 2.40. The smallest absolute Gasteiger partial charge is 0.273 e. The first kappa shape index (κ1) is 24.9. The predicted molar refractivity (Wildman–Crippen MR) is 145 cm³/mol. The lowest BCUT2D eigenvalue weighted by Gasteiger charge is -2.44. The molecule has 3 aliphatic rings. The quantitative estimate of drug-likeness (QED) is 0.507. The second-order valence-corrected chi connectivity index (χ2v) is 12.0. The van der Waals surface area contributed by atoms with Crippen LogP contribution in [0.15, 0.2) is 24.4 Å². The molecule has 198 valence electrons. The minimum absolute atomic E-state index is 0.0102. The van der Waals surface area contributed by atoms with Gasteiger partial charge in [-0.25, -0.2) is 9.97 Å². The van der Waals surface area contributed by atoms with Crippen LogP contribution in [0.25, 0.3) is 5.65 Å². The molecule has 0 radical (unpaired) electrons. The maximum absolute atomic E-state index is 14.0. The maximum atomic E-state index is 14.0. The zero-order chi connectivity index (χ0) is 26.8. The number of nitriles is 1. The molecule has 3 aromatic rings. The van der Waals surface area contributed by atoms with E-state index in [1.54, 1.807) is 0 Å². The zero-order valence-electron chi connectivity index (χ0n) is 23.0. The van der Waals surface area contributed by atoms with Gasteiger partial charge < -0.3 is 14.5 Å². The molecule has 8 nitrogen and oxygen atoms in total. The number of nitrogens with zero attached hydrogens (tertiary/aromatic N) is 6. The van der Waals surface area contributed by atoms with E-state index in [0.29, 0.717) is 49.8 Å². The number of imidazole rings is 1. The third-order valence-corrected chi connectivity index (χ3v) is 8.37. The molecule has 1 saturated carbocycles. The molecule has 0 unspecified atom stereocenters. The Hall–Kier alpha value is -3.44. The standard InChI is InChI=1S/C30H36N6O2/c1-18(2)24-16-34(12-13-35(24)29(37)27-19(3)32-25-8-6-7-11-36(25)27)28-22(15-31)21-14-30(4,5)38-17-23(21)26(33-28)20-9-10-20/h6-8,11,18,20,24H,9-10,12-14,16-17H2,1-5H3/t24-/m0/s1. The van der Waals surface area contributed by atoms with E-state index in [1.807, 2.05) is 40.6 Å². The molecule has 5 heterocycles. The molecule has 2 aliphatic heterocycles. The molecule has 2 fully saturated rings. The summed E-state index contributed by atoms with van der Waals surface area (Å²) in [6.45, 7) is 12.8. The maximum Gasteiger partial charge on any atom is 0.273 e. The van der Waals surface area contributed by atoms with E-state index in [2.05, 4.69) is 43.6 Å². The number of ether oxygens (including phenoxy) is 1. The lowest BCUT2D eigenvalue weighted by molar-refractivity contribution is -0.0407. The minimum atomic E-state index is -0.310. The number of fused-ring (bicyclic) bond motifs is 2. The van der Waals surface area contributed by atoms with Gasteiger partial charge in [-0.3, -0.25) is 9.20 Å². The Balaban J connectivity index is 1.36. The van der Waals surface area contributed by atoms with Gasteiger partial charge in [0.2, 0.25) is 0 Å². The number of anilines is 1. The number of amides is 1. The van der Waals surface area contributed by atoms with Crippen LogP contribution in [0.4, 0.5) is 5.82 Å². The van der Waals surface area contributed by atoms with Crippen LogP contribution in [-0.2, 0) is 17.8 Å². The summed E-state index contributed by atoms with van der Waals surface area (Å²) < 4.78 is 8.04. The van der Waals surface area contributed by atoms with Crippen molar-refractivity contribution >= 4 is 17.4 Å². The van der Waals surface area contributed by atoms with Crippen LogP contribution in [0.2, 0.25) is 0 Å². The first-order valence-electron chi connectivity index (χ1n) is 13.8. The van der Waals surface area contributed by atoms with Crippen LogP contribution in [0.3, 0.4) is 0 Å². The molecule has 38 heavy (non-hydrogen) atoms. The number of carbonyl (C=O) groups is 1. The lowest BCUT2D eigenvalue weighted by Crippen LogP contribution is -2.58. The number of hydrogen-bond acceptors (Lipinski definition) is 6. The average Bonchev–Trinajstić information content (AvgIpc) is 3.68. The average molecular weight is 513 g/mol. The van der Waals surface area contributed by atoms with Gasteiger partial charge in [0.05, 0.1) is 35.2 Å². The molecule has 0 aromatic carbocycles. The third kappa shape index (κ3) is 4.14. The van der Waals surface area contributed by atoms with Crippen LogP contribution in [-0.4, -0.2) is 56.5 Å². The molecule has 1 amide bonds. The molecule has 0 bridgehead atoms. The molecular formula is C30H36N6O2. The summed E-state index contributed by atoms with van der Waals surface area (Å²) in [5, 5.41) is 10.4. The Kier molecular flexibility index (Phi) is 5.95.